The lowest BCUT2D eigenvalue weighted by Gasteiger charge is -2.16. The first-order chi connectivity index (χ1) is 8.58. The summed E-state index contributed by atoms with van der Waals surface area (Å²) in [5.74, 6) is 0.687. The van der Waals surface area contributed by atoms with Gasteiger partial charge < -0.3 is 10.5 Å². The molecule has 0 heterocycles. The Bertz CT molecular complexity index is 407. The lowest BCUT2D eigenvalue weighted by atomic mass is 10.0. The van der Waals surface area contributed by atoms with Gasteiger partial charge in [0, 0.05) is 11.1 Å². The van der Waals surface area contributed by atoms with Crippen molar-refractivity contribution in [3.8, 4) is 5.75 Å². The maximum atomic E-state index is 6.16. The van der Waals surface area contributed by atoms with Crippen LogP contribution in [0.1, 0.15) is 25.3 Å². The van der Waals surface area contributed by atoms with E-state index < -0.39 is 0 Å². The van der Waals surface area contributed by atoms with Crippen molar-refractivity contribution in [2.75, 3.05) is 6.61 Å². The van der Waals surface area contributed by atoms with Crippen molar-refractivity contribution in [1.82, 2.24) is 0 Å². The Morgan fingerprint density at radius 3 is 2.78 bits per heavy atom. The highest BCUT2D eigenvalue weighted by Crippen LogP contribution is 2.33. The number of rotatable bonds is 7. The minimum absolute atomic E-state index is 0.0845. The van der Waals surface area contributed by atoms with Crippen molar-refractivity contribution in [3.63, 3.8) is 0 Å². The summed E-state index contributed by atoms with van der Waals surface area (Å²) in [6, 6.07) is 3.64. The van der Waals surface area contributed by atoms with Crippen LogP contribution < -0.4 is 10.5 Å². The fourth-order valence-corrected chi connectivity index (χ4v) is 2.19. The van der Waals surface area contributed by atoms with Gasteiger partial charge in [-0.3, -0.25) is 0 Å². The molecule has 0 saturated heterocycles. The number of benzene rings is 1. The van der Waals surface area contributed by atoms with E-state index in [9.17, 15) is 0 Å². The molecule has 0 aliphatic carbocycles. The molecule has 0 fully saturated rings. The van der Waals surface area contributed by atoms with Gasteiger partial charge in [-0.25, -0.2) is 0 Å². The lowest BCUT2D eigenvalue weighted by Crippen LogP contribution is -2.21. The van der Waals surface area contributed by atoms with Crippen molar-refractivity contribution in [2.24, 2.45) is 5.73 Å². The van der Waals surface area contributed by atoms with Crippen molar-refractivity contribution in [2.45, 2.75) is 32.2 Å². The quantitative estimate of drug-likeness (QED) is 0.602. The Kier molecular flexibility index (Phi) is 6.55. The van der Waals surface area contributed by atoms with Gasteiger partial charge in [0.25, 0.3) is 0 Å². The zero-order chi connectivity index (χ0) is 13.5. The van der Waals surface area contributed by atoms with Crippen LogP contribution in [0, 0.1) is 0 Å². The Labute approximate surface area is 119 Å². The molecule has 1 aromatic rings. The predicted octanol–water partition coefficient (Wildman–Crippen LogP) is 4.23. The molecule has 2 nitrogen and oxygen atoms in total. The standard InChI is InChI=1S/C14H19Cl2NO/c1-3-5-6-18-14-10(8-12(17)4-2)7-11(15)9-13(14)16/h3,7,9,12H,1,4-6,8,17H2,2H3. The molecule has 2 N–H and O–H groups in total. The fourth-order valence-electron chi connectivity index (χ4n) is 1.60. The summed E-state index contributed by atoms with van der Waals surface area (Å²) in [4.78, 5) is 0. The van der Waals surface area contributed by atoms with Gasteiger partial charge in [0.1, 0.15) is 5.75 Å². The zero-order valence-corrected chi connectivity index (χ0v) is 12.1. The summed E-state index contributed by atoms with van der Waals surface area (Å²) in [5.41, 5.74) is 6.93. The van der Waals surface area contributed by atoms with Gasteiger partial charge in [-0.15, -0.1) is 6.58 Å². The van der Waals surface area contributed by atoms with E-state index in [4.69, 9.17) is 33.7 Å². The highest BCUT2D eigenvalue weighted by Gasteiger charge is 2.13. The molecule has 0 aliphatic heterocycles. The van der Waals surface area contributed by atoms with Gasteiger partial charge in [-0.1, -0.05) is 36.2 Å². The molecule has 0 aromatic heterocycles. The molecule has 1 aromatic carbocycles. The van der Waals surface area contributed by atoms with Gasteiger partial charge in [-0.2, -0.15) is 0 Å². The van der Waals surface area contributed by atoms with Gasteiger partial charge in [0.2, 0.25) is 0 Å². The molecule has 1 unspecified atom stereocenters. The maximum Gasteiger partial charge on any atom is 0.141 e. The predicted molar refractivity (Wildman–Crippen MR) is 78.7 cm³/mol. The number of hydrogen-bond donors (Lipinski definition) is 1. The van der Waals surface area contributed by atoms with Crippen LogP contribution in [0.4, 0.5) is 0 Å². The normalized spacial score (nSPS) is 12.2. The third-order valence-electron chi connectivity index (χ3n) is 2.66. The molecule has 1 atom stereocenters. The van der Waals surface area contributed by atoms with E-state index in [1.807, 2.05) is 6.07 Å². The Balaban J connectivity index is 2.93. The maximum absolute atomic E-state index is 6.16. The Morgan fingerprint density at radius 2 is 2.17 bits per heavy atom. The van der Waals surface area contributed by atoms with E-state index in [2.05, 4.69) is 13.5 Å². The van der Waals surface area contributed by atoms with Crippen molar-refractivity contribution in [3.05, 3.63) is 40.4 Å². The Hall–Kier alpha value is -0.700. The summed E-state index contributed by atoms with van der Waals surface area (Å²) in [7, 11) is 0. The second-order valence-electron chi connectivity index (χ2n) is 4.17. The minimum atomic E-state index is 0.0845. The van der Waals surface area contributed by atoms with Crippen LogP contribution in [-0.2, 0) is 6.42 Å². The molecule has 4 heteroatoms. The van der Waals surface area contributed by atoms with Crippen LogP contribution in [0.5, 0.6) is 5.75 Å². The van der Waals surface area contributed by atoms with E-state index in [0.717, 1.165) is 18.4 Å². The average Bonchev–Trinajstić information content (AvgIpc) is 2.32. The minimum Gasteiger partial charge on any atom is -0.491 e. The molecule has 18 heavy (non-hydrogen) atoms. The summed E-state index contributed by atoms with van der Waals surface area (Å²) < 4.78 is 5.69. The van der Waals surface area contributed by atoms with Crippen LogP contribution in [0.25, 0.3) is 0 Å². The molecule has 0 radical (unpaired) electrons. The van der Waals surface area contributed by atoms with Crippen molar-refractivity contribution < 1.29 is 4.74 Å². The first-order valence-electron chi connectivity index (χ1n) is 6.05. The molecule has 1 rings (SSSR count). The fraction of sp³-hybridized carbons (Fsp3) is 0.429. The summed E-state index contributed by atoms with van der Waals surface area (Å²) in [6.45, 7) is 6.26. The third kappa shape index (κ3) is 4.52. The Morgan fingerprint density at radius 1 is 1.44 bits per heavy atom. The average molecular weight is 288 g/mol. The summed E-state index contributed by atoms with van der Waals surface area (Å²) in [5, 5.41) is 1.14. The largest absolute Gasteiger partial charge is 0.491 e. The van der Waals surface area contributed by atoms with Crippen LogP contribution in [0.3, 0.4) is 0 Å². The van der Waals surface area contributed by atoms with Crippen LogP contribution in [0.2, 0.25) is 10.0 Å². The second-order valence-corrected chi connectivity index (χ2v) is 5.02. The summed E-state index contributed by atoms with van der Waals surface area (Å²) in [6.07, 6.45) is 4.19. The number of nitrogens with two attached hydrogens (primary N) is 1. The molecule has 0 aliphatic rings. The second kappa shape index (κ2) is 7.67. The van der Waals surface area contributed by atoms with E-state index in [1.165, 1.54) is 0 Å². The SMILES string of the molecule is C=CCCOc1c(Cl)cc(Cl)cc1CC(N)CC. The number of halogens is 2. The first-order valence-corrected chi connectivity index (χ1v) is 6.81. The topological polar surface area (TPSA) is 35.2 Å². The zero-order valence-electron chi connectivity index (χ0n) is 10.6. The molecule has 0 amide bonds. The van der Waals surface area contributed by atoms with Crippen LogP contribution >= 0.6 is 23.2 Å². The molecule has 100 valence electrons. The molecule has 0 saturated carbocycles. The molecule has 0 bridgehead atoms. The lowest BCUT2D eigenvalue weighted by molar-refractivity contribution is 0.321. The number of ether oxygens (including phenoxy) is 1. The summed E-state index contributed by atoms with van der Waals surface area (Å²) >= 11 is 12.2. The van der Waals surface area contributed by atoms with Gasteiger partial charge in [-0.05, 0) is 37.0 Å². The van der Waals surface area contributed by atoms with Crippen LogP contribution in [-0.4, -0.2) is 12.6 Å². The van der Waals surface area contributed by atoms with Gasteiger partial charge >= 0.3 is 0 Å². The van der Waals surface area contributed by atoms with E-state index in [1.54, 1.807) is 12.1 Å². The first kappa shape index (κ1) is 15.4. The monoisotopic (exact) mass is 287 g/mol. The van der Waals surface area contributed by atoms with Gasteiger partial charge in [0.05, 0.1) is 11.6 Å². The van der Waals surface area contributed by atoms with Crippen molar-refractivity contribution in [1.29, 1.82) is 0 Å². The van der Waals surface area contributed by atoms with E-state index in [0.29, 0.717) is 28.8 Å². The van der Waals surface area contributed by atoms with E-state index in [-0.39, 0.29) is 6.04 Å². The smallest absolute Gasteiger partial charge is 0.141 e. The molecular weight excluding hydrogens is 269 g/mol. The van der Waals surface area contributed by atoms with Crippen LogP contribution in [0.15, 0.2) is 24.8 Å². The molecule has 0 spiro atoms. The van der Waals surface area contributed by atoms with Crippen molar-refractivity contribution >= 4 is 23.2 Å². The third-order valence-corrected chi connectivity index (χ3v) is 3.16. The van der Waals surface area contributed by atoms with E-state index >= 15 is 0 Å². The van der Waals surface area contributed by atoms with Gasteiger partial charge in [0.15, 0.2) is 0 Å². The number of hydrogen-bond acceptors (Lipinski definition) is 2. The highest BCUT2D eigenvalue weighted by atomic mass is 35.5. The highest BCUT2D eigenvalue weighted by molar-refractivity contribution is 6.35. The molecular formula is C14H19Cl2NO.